The Hall–Kier alpha value is -2.18. The maximum absolute atomic E-state index is 12.7. The van der Waals surface area contributed by atoms with Gasteiger partial charge in [0, 0.05) is 19.3 Å². The average molecular weight is 389 g/mol. The second-order valence-corrected chi connectivity index (χ2v) is 9.04. The van der Waals surface area contributed by atoms with Gasteiger partial charge in [-0.25, -0.2) is 8.42 Å². The van der Waals surface area contributed by atoms with Crippen LogP contribution in [-0.2, 0) is 14.6 Å². The number of sulfone groups is 1. The number of carbonyl (C=O) groups excluding carboxylic acids is 1. The summed E-state index contributed by atoms with van der Waals surface area (Å²) in [5, 5.41) is 0. The van der Waals surface area contributed by atoms with Crippen LogP contribution in [0.5, 0.6) is 0 Å². The highest BCUT2D eigenvalue weighted by molar-refractivity contribution is 7.90. The molecule has 27 heavy (non-hydrogen) atoms. The number of benzene rings is 2. The fourth-order valence-corrected chi connectivity index (χ4v) is 3.51. The van der Waals surface area contributed by atoms with Crippen molar-refractivity contribution < 1.29 is 13.2 Å². The van der Waals surface area contributed by atoms with Gasteiger partial charge >= 0.3 is 0 Å². The molecule has 2 rings (SSSR count). The van der Waals surface area contributed by atoms with E-state index in [2.05, 4.69) is 0 Å². The molecule has 0 aliphatic carbocycles. The van der Waals surface area contributed by atoms with Crippen LogP contribution in [0.3, 0.4) is 0 Å². The Balaban J connectivity index is 2.02. The Morgan fingerprint density at radius 2 is 1.41 bits per heavy atom. The van der Waals surface area contributed by atoms with Crippen LogP contribution in [0.2, 0.25) is 0 Å². The van der Waals surface area contributed by atoms with E-state index in [1.165, 1.54) is 6.26 Å². The van der Waals surface area contributed by atoms with Crippen molar-refractivity contribution >= 4 is 15.7 Å². The Morgan fingerprint density at radius 1 is 0.889 bits per heavy atom. The largest absolute Gasteiger partial charge is 0.338 e. The van der Waals surface area contributed by atoms with Crippen LogP contribution in [0.4, 0.5) is 0 Å². The lowest BCUT2D eigenvalue weighted by molar-refractivity contribution is -0.133. The smallest absolute Gasteiger partial charge is 0.237 e. The van der Waals surface area contributed by atoms with E-state index in [0.717, 1.165) is 11.1 Å². The minimum Gasteiger partial charge on any atom is -0.338 e. The van der Waals surface area contributed by atoms with Gasteiger partial charge in [-0.05, 0) is 44.2 Å². The number of nitrogens with zero attached hydrogens (tertiary/aromatic N) is 2. The summed E-state index contributed by atoms with van der Waals surface area (Å²) in [6.07, 6.45) is 1.19. The zero-order valence-electron chi connectivity index (χ0n) is 16.6. The van der Waals surface area contributed by atoms with Gasteiger partial charge in [0.2, 0.25) is 5.91 Å². The van der Waals surface area contributed by atoms with Gasteiger partial charge in [-0.15, -0.1) is 0 Å². The molecule has 0 radical (unpaired) electrons. The van der Waals surface area contributed by atoms with Gasteiger partial charge in [-0.1, -0.05) is 42.5 Å². The molecule has 0 N–H and O–H groups in total. The summed E-state index contributed by atoms with van der Waals surface area (Å²) in [4.78, 5) is 16.7. The van der Waals surface area contributed by atoms with Crippen molar-refractivity contribution in [3.8, 4) is 0 Å². The fourth-order valence-electron chi connectivity index (χ4n) is 2.88. The van der Waals surface area contributed by atoms with Gasteiger partial charge in [0.25, 0.3) is 0 Å². The van der Waals surface area contributed by atoms with Crippen LogP contribution in [0.15, 0.2) is 59.5 Å². The molecule has 2 unspecified atom stereocenters. The summed E-state index contributed by atoms with van der Waals surface area (Å²) in [6, 6.07) is 16.8. The average Bonchev–Trinajstić information content (AvgIpc) is 2.66. The van der Waals surface area contributed by atoms with Gasteiger partial charge in [-0.3, -0.25) is 9.69 Å². The Bertz CT molecular complexity index is 864. The Kier molecular flexibility index (Phi) is 6.78. The Labute approximate surface area is 162 Å². The molecule has 2 aromatic rings. The summed E-state index contributed by atoms with van der Waals surface area (Å²) in [5.74, 6) is 0.0356. The summed E-state index contributed by atoms with van der Waals surface area (Å²) in [6.45, 7) is 4.30. The number of amides is 1. The van der Waals surface area contributed by atoms with Crippen LogP contribution in [0, 0.1) is 0 Å². The third-order valence-corrected chi connectivity index (χ3v) is 6.22. The van der Waals surface area contributed by atoms with E-state index in [0.29, 0.717) is 4.90 Å². The van der Waals surface area contributed by atoms with Crippen LogP contribution in [0.25, 0.3) is 0 Å². The third kappa shape index (κ3) is 5.40. The second kappa shape index (κ2) is 8.67. The monoisotopic (exact) mass is 388 g/mol. The number of hydrogen-bond donors (Lipinski definition) is 0. The lowest BCUT2D eigenvalue weighted by atomic mass is 10.1. The number of likely N-dealkylation sites (N-methyl/N-ethyl adjacent to an activating group) is 2. The van der Waals surface area contributed by atoms with Crippen molar-refractivity contribution in [1.82, 2.24) is 9.80 Å². The molecule has 0 aromatic heterocycles. The first kappa shape index (κ1) is 21.1. The molecule has 6 heteroatoms. The van der Waals surface area contributed by atoms with Crippen molar-refractivity contribution in [2.24, 2.45) is 0 Å². The zero-order valence-corrected chi connectivity index (χ0v) is 17.4. The fraction of sp³-hybridized carbons (Fsp3) is 0.381. The van der Waals surface area contributed by atoms with Gasteiger partial charge < -0.3 is 4.90 Å². The Morgan fingerprint density at radius 3 is 1.93 bits per heavy atom. The van der Waals surface area contributed by atoms with Crippen LogP contribution in [-0.4, -0.2) is 51.0 Å². The molecule has 0 aliphatic rings. The van der Waals surface area contributed by atoms with E-state index >= 15 is 0 Å². The van der Waals surface area contributed by atoms with Gasteiger partial charge in [-0.2, -0.15) is 0 Å². The molecule has 1 amide bonds. The topological polar surface area (TPSA) is 57.7 Å². The molecule has 2 aromatic carbocycles. The van der Waals surface area contributed by atoms with E-state index in [4.69, 9.17) is 0 Å². The van der Waals surface area contributed by atoms with Gasteiger partial charge in [0.1, 0.15) is 0 Å². The molecule has 0 spiro atoms. The first-order valence-corrected chi connectivity index (χ1v) is 10.8. The van der Waals surface area contributed by atoms with Crippen molar-refractivity contribution in [1.29, 1.82) is 0 Å². The van der Waals surface area contributed by atoms with E-state index in [-0.39, 0.29) is 24.5 Å². The first-order chi connectivity index (χ1) is 12.6. The predicted molar refractivity (Wildman–Crippen MR) is 108 cm³/mol. The standard InChI is InChI=1S/C21H28N2O3S/c1-16(19-11-13-20(14-12-19)27(5,25)26)22(3)15-21(24)23(4)17(2)18-9-7-6-8-10-18/h6-14,16-17H,15H2,1-5H3. The highest BCUT2D eigenvalue weighted by Crippen LogP contribution is 2.22. The third-order valence-electron chi connectivity index (χ3n) is 5.09. The maximum Gasteiger partial charge on any atom is 0.237 e. The number of hydrogen-bond acceptors (Lipinski definition) is 4. The molecular formula is C21H28N2O3S. The van der Waals surface area contributed by atoms with Crippen molar-refractivity contribution in [3.05, 3.63) is 65.7 Å². The molecule has 0 saturated heterocycles. The molecule has 0 fully saturated rings. The molecule has 5 nitrogen and oxygen atoms in total. The molecule has 0 heterocycles. The molecule has 0 aliphatic heterocycles. The minimum atomic E-state index is -3.21. The SMILES string of the molecule is CC(c1ccc(S(C)(=O)=O)cc1)N(C)CC(=O)N(C)C(C)c1ccccc1. The normalized spacial score (nSPS) is 14.0. The van der Waals surface area contributed by atoms with Gasteiger partial charge in [0.05, 0.1) is 17.5 Å². The second-order valence-electron chi connectivity index (χ2n) is 7.02. The number of carbonyl (C=O) groups is 1. The number of rotatable bonds is 7. The first-order valence-electron chi connectivity index (χ1n) is 8.92. The summed E-state index contributed by atoms with van der Waals surface area (Å²) in [7, 11) is 0.510. The molecular weight excluding hydrogens is 360 g/mol. The molecule has 146 valence electrons. The van der Waals surface area contributed by atoms with Crippen LogP contribution >= 0.6 is 0 Å². The van der Waals surface area contributed by atoms with E-state index < -0.39 is 9.84 Å². The van der Waals surface area contributed by atoms with Crippen molar-refractivity contribution in [2.75, 3.05) is 26.9 Å². The molecule has 2 atom stereocenters. The minimum absolute atomic E-state index is 0.00329. The summed E-state index contributed by atoms with van der Waals surface area (Å²) >= 11 is 0. The van der Waals surface area contributed by atoms with E-state index in [1.807, 2.05) is 63.2 Å². The zero-order chi connectivity index (χ0) is 20.2. The van der Waals surface area contributed by atoms with Crippen LogP contribution in [0.1, 0.15) is 37.1 Å². The van der Waals surface area contributed by atoms with Crippen LogP contribution < -0.4 is 0 Å². The predicted octanol–water partition coefficient (Wildman–Crippen LogP) is 3.30. The lowest BCUT2D eigenvalue weighted by Gasteiger charge is -2.30. The highest BCUT2D eigenvalue weighted by atomic mass is 32.2. The molecule has 0 saturated carbocycles. The highest BCUT2D eigenvalue weighted by Gasteiger charge is 2.21. The summed E-state index contributed by atoms with van der Waals surface area (Å²) < 4.78 is 23.2. The molecule has 0 bridgehead atoms. The van der Waals surface area contributed by atoms with E-state index in [1.54, 1.807) is 29.2 Å². The quantitative estimate of drug-likeness (QED) is 0.730. The lowest BCUT2D eigenvalue weighted by Crippen LogP contribution is -2.38. The van der Waals surface area contributed by atoms with E-state index in [9.17, 15) is 13.2 Å². The van der Waals surface area contributed by atoms with Crippen molar-refractivity contribution in [2.45, 2.75) is 30.8 Å². The van der Waals surface area contributed by atoms with Crippen molar-refractivity contribution in [3.63, 3.8) is 0 Å². The maximum atomic E-state index is 12.7. The summed E-state index contributed by atoms with van der Waals surface area (Å²) in [5.41, 5.74) is 2.07. The van der Waals surface area contributed by atoms with Gasteiger partial charge in [0.15, 0.2) is 9.84 Å².